The number of nitrogens with zero attached hydrogens (tertiary/aromatic N) is 2. The summed E-state index contributed by atoms with van der Waals surface area (Å²) in [5.74, 6) is 0.145. The second-order valence-corrected chi connectivity index (χ2v) is 6.66. The molecule has 5 heteroatoms. The summed E-state index contributed by atoms with van der Waals surface area (Å²) in [6, 6.07) is 2.71. The van der Waals surface area contributed by atoms with Crippen molar-refractivity contribution in [2.45, 2.75) is 57.7 Å². The fraction of sp³-hybridized carbons (Fsp3) is 0.688. The maximum Gasteiger partial charge on any atom is 0.270 e. The Bertz CT molecular complexity index is 504. The van der Waals surface area contributed by atoms with Gasteiger partial charge in [-0.05, 0) is 44.7 Å². The van der Waals surface area contributed by atoms with Gasteiger partial charge in [0.15, 0.2) is 0 Å². The summed E-state index contributed by atoms with van der Waals surface area (Å²) in [7, 11) is 0. The minimum atomic E-state index is 0.145. The van der Waals surface area contributed by atoms with E-state index in [0.29, 0.717) is 17.1 Å². The monoisotopic (exact) mass is 309 g/mol. The first-order chi connectivity index (χ1) is 10.2. The zero-order valence-electron chi connectivity index (χ0n) is 12.6. The predicted molar refractivity (Wildman–Crippen MR) is 84.8 cm³/mol. The van der Waals surface area contributed by atoms with Gasteiger partial charge in [0, 0.05) is 31.4 Å². The number of carbonyl (C=O) groups is 1. The Morgan fingerprint density at radius 2 is 2.29 bits per heavy atom. The highest BCUT2D eigenvalue weighted by Gasteiger charge is 2.36. The number of amides is 1. The van der Waals surface area contributed by atoms with Gasteiger partial charge in [-0.25, -0.2) is 0 Å². The number of carbonyl (C=O) groups excluding carboxylic acids is 1. The molecule has 1 aliphatic heterocycles. The number of aryl methyl sites for hydroxylation is 1. The van der Waals surface area contributed by atoms with E-state index in [9.17, 15) is 4.79 Å². The third-order valence-electron chi connectivity index (χ3n) is 4.37. The highest BCUT2D eigenvalue weighted by atomic mass is 35.5. The molecule has 0 radical (unpaired) electrons. The van der Waals surface area contributed by atoms with Crippen LogP contribution in [-0.2, 0) is 6.54 Å². The van der Waals surface area contributed by atoms with Crippen LogP contribution in [0.25, 0.3) is 0 Å². The van der Waals surface area contributed by atoms with Gasteiger partial charge in [0.05, 0.1) is 5.02 Å². The SMILES string of the molecule is CCCn1cc(Cl)cc1C(=O)N(CC1CCCN1)C1CC1. The fourth-order valence-corrected chi connectivity index (χ4v) is 3.38. The molecule has 1 N–H and O–H groups in total. The zero-order valence-corrected chi connectivity index (χ0v) is 13.4. The molecule has 0 bridgehead atoms. The summed E-state index contributed by atoms with van der Waals surface area (Å²) in [5.41, 5.74) is 0.742. The average Bonchev–Trinajstić information content (AvgIpc) is 3.04. The molecule has 1 amide bonds. The third-order valence-corrected chi connectivity index (χ3v) is 4.58. The Hall–Kier alpha value is -1.00. The lowest BCUT2D eigenvalue weighted by atomic mass is 10.2. The molecule has 116 valence electrons. The quantitative estimate of drug-likeness (QED) is 0.877. The van der Waals surface area contributed by atoms with Crippen molar-refractivity contribution >= 4 is 17.5 Å². The Morgan fingerprint density at radius 1 is 1.48 bits per heavy atom. The van der Waals surface area contributed by atoms with E-state index in [1.54, 1.807) is 0 Å². The van der Waals surface area contributed by atoms with Crippen molar-refractivity contribution in [2.75, 3.05) is 13.1 Å². The largest absolute Gasteiger partial charge is 0.342 e. The second kappa shape index (κ2) is 6.41. The molecule has 1 unspecified atom stereocenters. The molecule has 3 rings (SSSR count). The van der Waals surface area contributed by atoms with Crippen molar-refractivity contribution < 1.29 is 4.79 Å². The second-order valence-electron chi connectivity index (χ2n) is 6.22. The summed E-state index contributed by atoms with van der Waals surface area (Å²) >= 11 is 6.11. The van der Waals surface area contributed by atoms with Crippen molar-refractivity contribution in [3.8, 4) is 0 Å². The van der Waals surface area contributed by atoms with Crippen LogP contribution < -0.4 is 5.32 Å². The molecule has 1 atom stereocenters. The lowest BCUT2D eigenvalue weighted by Gasteiger charge is -2.26. The van der Waals surface area contributed by atoms with Gasteiger partial charge < -0.3 is 14.8 Å². The maximum absolute atomic E-state index is 12.9. The van der Waals surface area contributed by atoms with Crippen molar-refractivity contribution in [1.82, 2.24) is 14.8 Å². The molecule has 2 fully saturated rings. The van der Waals surface area contributed by atoms with Gasteiger partial charge in [-0.15, -0.1) is 0 Å². The first-order valence-electron chi connectivity index (χ1n) is 8.09. The smallest absolute Gasteiger partial charge is 0.270 e. The Balaban J connectivity index is 1.76. The number of rotatable bonds is 6. The van der Waals surface area contributed by atoms with Gasteiger partial charge in [0.2, 0.25) is 0 Å². The Kier molecular flexibility index (Phi) is 4.55. The standard InChI is InChI=1S/C16H24ClN3O/c1-2-8-19-10-12(17)9-15(19)16(21)20(14-5-6-14)11-13-4-3-7-18-13/h9-10,13-14,18H,2-8,11H2,1H3. The topological polar surface area (TPSA) is 37.3 Å². The third kappa shape index (κ3) is 3.43. The van der Waals surface area contributed by atoms with Crippen LogP contribution in [-0.4, -0.2) is 40.5 Å². The highest BCUT2D eigenvalue weighted by molar-refractivity contribution is 6.31. The molecule has 0 aromatic carbocycles. The first kappa shape index (κ1) is 14.9. The number of hydrogen-bond acceptors (Lipinski definition) is 2. The van der Waals surface area contributed by atoms with Crippen LogP contribution in [0.2, 0.25) is 5.02 Å². The number of nitrogens with one attached hydrogen (secondary N) is 1. The van der Waals surface area contributed by atoms with Gasteiger partial charge >= 0.3 is 0 Å². The van der Waals surface area contributed by atoms with E-state index in [-0.39, 0.29) is 5.91 Å². The lowest BCUT2D eigenvalue weighted by molar-refractivity contribution is 0.0717. The molecule has 2 heterocycles. The molecule has 21 heavy (non-hydrogen) atoms. The summed E-state index contributed by atoms with van der Waals surface area (Å²) in [6.07, 6.45) is 7.54. The van der Waals surface area contributed by atoms with E-state index in [4.69, 9.17) is 11.6 Å². The van der Waals surface area contributed by atoms with Crippen molar-refractivity contribution in [2.24, 2.45) is 0 Å². The van der Waals surface area contributed by atoms with Crippen LogP contribution in [0.5, 0.6) is 0 Å². The minimum absolute atomic E-state index is 0.145. The van der Waals surface area contributed by atoms with Crippen LogP contribution in [0, 0.1) is 0 Å². The van der Waals surface area contributed by atoms with Gasteiger partial charge in [0.25, 0.3) is 5.91 Å². The van der Waals surface area contributed by atoms with Gasteiger partial charge in [-0.2, -0.15) is 0 Å². The summed E-state index contributed by atoms with van der Waals surface area (Å²) < 4.78 is 2.00. The molecule has 1 aromatic rings. The molecule has 1 aromatic heterocycles. The number of hydrogen-bond donors (Lipinski definition) is 1. The van der Waals surface area contributed by atoms with Crippen LogP contribution in [0.4, 0.5) is 0 Å². The predicted octanol–water partition coefficient (Wildman–Crippen LogP) is 2.91. The maximum atomic E-state index is 12.9. The average molecular weight is 310 g/mol. The Morgan fingerprint density at radius 3 is 2.90 bits per heavy atom. The van der Waals surface area contributed by atoms with Gasteiger partial charge in [0.1, 0.15) is 5.69 Å². The van der Waals surface area contributed by atoms with Gasteiger partial charge in [-0.3, -0.25) is 4.79 Å². The normalized spacial score (nSPS) is 21.7. The van der Waals surface area contributed by atoms with Crippen LogP contribution in [0.3, 0.4) is 0 Å². The summed E-state index contributed by atoms with van der Waals surface area (Å²) in [4.78, 5) is 15.0. The van der Waals surface area contributed by atoms with Crippen molar-refractivity contribution in [3.05, 3.63) is 23.0 Å². The van der Waals surface area contributed by atoms with Crippen LogP contribution >= 0.6 is 11.6 Å². The molecule has 1 saturated heterocycles. The van der Waals surface area contributed by atoms with E-state index in [1.807, 2.05) is 16.8 Å². The summed E-state index contributed by atoms with van der Waals surface area (Å²) in [6.45, 7) is 4.87. The van der Waals surface area contributed by atoms with Crippen LogP contribution in [0.1, 0.15) is 49.5 Å². The number of halogens is 1. The molecule has 1 aliphatic carbocycles. The van der Waals surface area contributed by atoms with E-state index in [1.165, 1.54) is 12.8 Å². The molecule has 1 saturated carbocycles. The number of aromatic nitrogens is 1. The van der Waals surface area contributed by atoms with E-state index in [2.05, 4.69) is 17.1 Å². The molecule has 4 nitrogen and oxygen atoms in total. The highest BCUT2D eigenvalue weighted by Crippen LogP contribution is 2.30. The molecular formula is C16H24ClN3O. The van der Waals surface area contributed by atoms with Crippen molar-refractivity contribution in [3.63, 3.8) is 0 Å². The molecule has 2 aliphatic rings. The van der Waals surface area contributed by atoms with Gasteiger partial charge in [-0.1, -0.05) is 18.5 Å². The zero-order chi connectivity index (χ0) is 14.8. The Labute approximate surface area is 131 Å². The molecule has 0 spiro atoms. The van der Waals surface area contributed by atoms with Crippen LogP contribution in [0.15, 0.2) is 12.3 Å². The van der Waals surface area contributed by atoms with E-state index < -0.39 is 0 Å². The van der Waals surface area contributed by atoms with Crippen molar-refractivity contribution in [1.29, 1.82) is 0 Å². The lowest BCUT2D eigenvalue weighted by Crippen LogP contribution is -2.43. The summed E-state index contributed by atoms with van der Waals surface area (Å²) in [5, 5.41) is 4.15. The molecular weight excluding hydrogens is 286 g/mol. The fourth-order valence-electron chi connectivity index (χ4n) is 3.16. The first-order valence-corrected chi connectivity index (χ1v) is 8.47. The van der Waals surface area contributed by atoms with E-state index >= 15 is 0 Å². The minimum Gasteiger partial charge on any atom is -0.342 e. The van der Waals surface area contributed by atoms with E-state index in [0.717, 1.165) is 44.6 Å².